The quantitative estimate of drug-likeness (QED) is 0.124. The highest BCUT2D eigenvalue weighted by atomic mass is 16.6. The largest absolute Gasteiger partial charge is 0.507 e. The van der Waals surface area contributed by atoms with Crippen molar-refractivity contribution < 1.29 is 29.1 Å². The van der Waals surface area contributed by atoms with Crippen LogP contribution in [0.3, 0.4) is 0 Å². The highest BCUT2D eigenvalue weighted by molar-refractivity contribution is 6.22. The van der Waals surface area contributed by atoms with Crippen molar-refractivity contribution in [2.24, 2.45) is 17.8 Å². The summed E-state index contributed by atoms with van der Waals surface area (Å²) in [5.41, 5.74) is 5.90. The number of aromatic hydroxyl groups is 1. The Hall–Kier alpha value is -4.76. The van der Waals surface area contributed by atoms with Crippen LogP contribution in [0.5, 0.6) is 11.5 Å². The van der Waals surface area contributed by atoms with Crippen molar-refractivity contribution in [2.75, 3.05) is 18.1 Å². The van der Waals surface area contributed by atoms with Crippen LogP contribution < -0.4 is 9.64 Å². The molecule has 9 heteroatoms. The lowest BCUT2D eigenvalue weighted by molar-refractivity contribution is -0.384. The topological polar surface area (TPSA) is 119 Å². The van der Waals surface area contributed by atoms with E-state index in [1.54, 1.807) is 6.07 Å². The van der Waals surface area contributed by atoms with Crippen molar-refractivity contribution in [1.29, 1.82) is 0 Å². The zero-order chi connectivity index (χ0) is 31.8. The minimum atomic E-state index is -0.600. The van der Waals surface area contributed by atoms with Gasteiger partial charge in [0.25, 0.3) is 5.69 Å². The van der Waals surface area contributed by atoms with Gasteiger partial charge in [-0.3, -0.25) is 19.7 Å². The van der Waals surface area contributed by atoms with Gasteiger partial charge in [-0.1, -0.05) is 35.9 Å². The first-order valence-electron chi connectivity index (χ1n) is 15.2. The third-order valence-electron chi connectivity index (χ3n) is 9.19. The van der Waals surface area contributed by atoms with Gasteiger partial charge in [0.1, 0.15) is 18.1 Å². The molecule has 232 valence electrons. The SMILES string of the molecule is C/C(=C\c1cc(C)c(O)c(C)c1)CC[C@H]1OC[C@H]2C1=C(COc1ccccc1)C[C@H]1C(=O)N(c3cccc([N+](=O)[O-])c3)C(=O)[C@H]12. The third-order valence-corrected chi connectivity index (χ3v) is 9.19. The molecule has 3 aliphatic rings. The van der Waals surface area contributed by atoms with E-state index in [1.165, 1.54) is 18.2 Å². The van der Waals surface area contributed by atoms with E-state index in [2.05, 4.69) is 13.0 Å². The van der Waals surface area contributed by atoms with Gasteiger partial charge in [0.2, 0.25) is 11.8 Å². The second kappa shape index (κ2) is 12.3. The predicted molar refractivity (Wildman–Crippen MR) is 170 cm³/mol. The van der Waals surface area contributed by atoms with E-state index in [1.807, 2.05) is 56.3 Å². The number of non-ortho nitro benzene ring substituents is 1. The van der Waals surface area contributed by atoms with E-state index >= 15 is 0 Å². The van der Waals surface area contributed by atoms with Crippen LogP contribution in [0.4, 0.5) is 11.4 Å². The normalized spacial score (nSPS) is 22.9. The van der Waals surface area contributed by atoms with Gasteiger partial charge < -0.3 is 14.6 Å². The molecule has 3 aromatic rings. The Labute approximate surface area is 261 Å². The van der Waals surface area contributed by atoms with E-state index in [-0.39, 0.29) is 41.8 Å². The molecule has 45 heavy (non-hydrogen) atoms. The number of imide groups is 1. The first kappa shape index (κ1) is 30.3. The number of rotatable bonds is 9. The van der Waals surface area contributed by atoms with E-state index in [4.69, 9.17) is 9.47 Å². The second-order valence-corrected chi connectivity index (χ2v) is 12.2. The average Bonchev–Trinajstić information content (AvgIpc) is 3.56. The number of carbonyl (C=O) groups is 2. The van der Waals surface area contributed by atoms with E-state index in [0.717, 1.165) is 44.7 Å². The molecule has 4 atom stereocenters. The molecule has 0 unspecified atom stereocenters. The van der Waals surface area contributed by atoms with Crippen molar-refractivity contribution in [3.63, 3.8) is 0 Å². The number of aryl methyl sites for hydroxylation is 2. The fourth-order valence-corrected chi connectivity index (χ4v) is 7.08. The van der Waals surface area contributed by atoms with Crippen molar-refractivity contribution in [2.45, 2.75) is 46.1 Å². The summed E-state index contributed by atoms with van der Waals surface area (Å²) in [5, 5.41) is 21.6. The summed E-state index contributed by atoms with van der Waals surface area (Å²) in [6.07, 6.45) is 3.71. The standard InChI is InChI=1S/C36H36N2O7/c1-21(14-24-15-22(2)34(39)23(3)16-24)12-13-31-32-25(19-44-28-10-5-4-6-11-28)17-29-33(30(32)20-45-31)36(41)37(35(29)40)26-8-7-9-27(18-26)38(42)43/h4-11,14-16,18,29-31,33,39H,12-13,17,19-20H2,1-3H3/b21-14+/t29-,30+,31-,33-/m1/s1. The van der Waals surface area contributed by atoms with Gasteiger partial charge in [0.15, 0.2) is 0 Å². The highest BCUT2D eigenvalue weighted by Gasteiger charge is 2.57. The average molecular weight is 609 g/mol. The number of allylic oxidation sites excluding steroid dienone is 1. The lowest BCUT2D eigenvalue weighted by Crippen LogP contribution is -2.35. The molecule has 0 spiro atoms. The molecule has 2 amide bonds. The van der Waals surface area contributed by atoms with E-state index in [0.29, 0.717) is 30.9 Å². The molecule has 0 radical (unpaired) electrons. The number of carbonyl (C=O) groups excluding carboxylic acids is 2. The van der Waals surface area contributed by atoms with Gasteiger partial charge >= 0.3 is 0 Å². The molecule has 2 heterocycles. The zero-order valence-corrected chi connectivity index (χ0v) is 25.6. The van der Waals surface area contributed by atoms with Crippen LogP contribution in [-0.4, -0.2) is 41.2 Å². The number of hydrogen-bond acceptors (Lipinski definition) is 7. The summed E-state index contributed by atoms with van der Waals surface area (Å²) in [6.45, 7) is 6.44. The summed E-state index contributed by atoms with van der Waals surface area (Å²) >= 11 is 0. The van der Waals surface area contributed by atoms with Crippen LogP contribution in [0, 0.1) is 41.7 Å². The summed E-state index contributed by atoms with van der Waals surface area (Å²) in [6, 6.07) is 19.1. The van der Waals surface area contributed by atoms with Gasteiger partial charge in [-0.25, -0.2) is 4.90 Å². The number of phenolic OH excluding ortho intramolecular Hbond substituents is 1. The van der Waals surface area contributed by atoms with Crippen molar-refractivity contribution >= 4 is 29.3 Å². The zero-order valence-electron chi connectivity index (χ0n) is 25.6. The number of amides is 2. The number of ether oxygens (including phenoxy) is 2. The number of hydrogen-bond donors (Lipinski definition) is 1. The van der Waals surface area contributed by atoms with Crippen molar-refractivity contribution in [3.05, 3.63) is 110 Å². The molecule has 3 aromatic carbocycles. The van der Waals surface area contributed by atoms with Crippen molar-refractivity contribution in [3.8, 4) is 11.5 Å². The summed E-state index contributed by atoms with van der Waals surface area (Å²) in [7, 11) is 0. The second-order valence-electron chi connectivity index (χ2n) is 12.2. The van der Waals surface area contributed by atoms with Crippen molar-refractivity contribution in [1.82, 2.24) is 0 Å². The number of fused-ring (bicyclic) bond motifs is 3. The van der Waals surface area contributed by atoms with E-state index < -0.39 is 16.8 Å². The molecule has 0 aromatic heterocycles. The lowest BCUT2D eigenvalue weighted by atomic mass is 9.69. The van der Waals surface area contributed by atoms with Crippen LogP contribution in [-0.2, 0) is 14.3 Å². The van der Waals surface area contributed by atoms with Crippen LogP contribution in [0.15, 0.2) is 83.4 Å². The molecule has 1 N–H and O–H groups in total. The maximum Gasteiger partial charge on any atom is 0.271 e. The molecule has 2 saturated heterocycles. The van der Waals surface area contributed by atoms with Gasteiger partial charge in [-0.05, 0) is 98.2 Å². The van der Waals surface area contributed by atoms with Crippen LogP contribution >= 0.6 is 0 Å². The minimum absolute atomic E-state index is 0.177. The fourth-order valence-electron chi connectivity index (χ4n) is 7.08. The molecule has 9 nitrogen and oxygen atoms in total. The molecular weight excluding hydrogens is 572 g/mol. The molecule has 2 fully saturated rings. The number of para-hydroxylation sites is 1. The number of nitrogens with zero attached hydrogens (tertiary/aromatic N) is 2. The first-order chi connectivity index (χ1) is 21.6. The predicted octanol–water partition coefficient (Wildman–Crippen LogP) is 6.70. The first-order valence-corrected chi connectivity index (χ1v) is 15.2. The highest BCUT2D eigenvalue weighted by Crippen LogP contribution is 2.50. The van der Waals surface area contributed by atoms with Crippen LogP contribution in [0.1, 0.15) is 42.9 Å². The van der Waals surface area contributed by atoms with Crippen LogP contribution in [0.2, 0.25) is 0 Å². The lowest BCUT2D eigenvalue weighted by Gasteiger charge is -2.31. The fraction of sp³-hybridized carbons (Fsp3) is 0.333. The van der Waals surface area contributed by atoms with Gasteiger partial charge in [-0.15, -0.1) is 0 Å². The van der Waals surface area contributed by atoms with Gasteiger partial charge in [-0.2, -0.15) is 0 Å². The smallest absolute Gasteiger partial charge is 0.271 e. The summed E-state index contributed by atoms with van der Waals surface area (Å²) in [5.74, 6) is -1.13. The summed E-state index contributed by atoms with van der Waals surface area (Å²) in [4.78, 5) is 39.7. The maximum atomic E-state index is 13.9. The Kier molecular flexibility index (Phi) is 8.29. The molecule has 0 saturated carbocycles. The molecule has 2 aliphatic heterocycles. The van der Waals surface area contributed by atoms with E-state index in [9.17, 15) is 24.8 Å². The Morgan fingerprint density at radius 2 is 1.78 bits per heavy atom. The number of nitro groups is 1. The Bertz CT molecular complexity index is 1710. The van der Waals surface area contributed by atoms with Gasteiger partial charge in [0.05, 0.1) is 35.2 Å². The third kappa shape index (κ3) is 5.88. The monoisotopic (exact) mass is 608 g/mol. The van der Waals surface area contributed by atoms with Crippen LogP contribution in [0.25, 0.3) is 6.08 Å². The number of anilines is 1. The number of phenols is 1. The minimum Gasteiger partial charge on any atom is -0.507 e. The Morgan fingerprint density at radius 1 is 1.04 bits per heavy atom. The van der Waals surface area contributed by atoms with Gasteiger partial charge in [0, 0.05) is 18.1 Å². The molecule has 0 bridgehead atoms. The Balaban J connectivity index is 1.28. The molecular formula is C36H36N2O7. The maximum absolute atomic E-state index is 13.9. The number of nitro benzene ring substituents is 1. The molecule has 1 aliphatic carbocycles. The Morgan fingerprint density at radius 3 is 2.49 bits per heavy atom. The molecule has 6 rings (SSSR count). The summed E-state index contributed by atoms with van der Waals surface area (Å²) < 4.78 is 12.5. The number of benzene rings is 3.